The molecule has 0 spiro atoms. The molecule has 0 amide bonds. The summed E-state index contributed by atoms with van der Waals surface area (Å²) in [6.07, 6.45) is 3.13. The predicted octanol–water partition coefficient (Wildman–Crippen LogP) is 6.37. The highest BCUT2D eigenvalue weighted by atomic mass is 35.5. The van der Waals surface area contributed by atoms with E-state index in [1.165, 1.54) is 6.08 Å². The van der Waals surface area contributed by atoms with Crippen molar-refractivity contribution in [3.8, 4) is 5.75 Å². The van der Waals surface area contributed by atoms with Gasteiger partial charge in [-0.25, -0.2) is 0 Å². The minimum atomic E-state index is -0.0788. The number of benzene rings is 2. The molecule has 26 heavy (non-hydrogen) atoms. The summed E-state index contributed by atoms with van der Waals surface area (Å²) >= 11 is 12.0. The van der Waals surface area contributed by atoms with E-state index in [0.717, 1.165) is 5.56 Å². The molecule has 3 nitrogen and oxygen atoms in total. The maximum atomic E-state index is 12.1. The Bertz CT molecular complexity index is 940. The maximum Gasteiger partial charge on any atom is 0.185 e. The largest absolute Gasteiger partial charge is 0.484 e. The number of carbonyl (C=O) groups excluding carboxylic acids is 1. The normalized spacial score (nSPS) is 11.0. The van der Waals surface area contributed by atoms with Gasteiger partial charge in [0, 0.05) is 16.7 Å². The van der Waals surface area contributed by atoms with Crippen LogP contribution in [0.2, 0.25) is 10.0 Å². The summed E-state index contributed by atoms with van der Waals surface area (Å²) in [7, 11) is 0. The molecule has 3 aromatic rings. The van der Waals surface area contributed by atoms with Crippen molar-refractivity contribution in [2.24, 2.45) is 0 Å². The smallest absolute Gasteiger partial charge is 0.185 e. The topological polar surface area (TPSA) is 39.4 Å². The van der Waals surface area contributed by atoms with E-state index in [2.05, 4.69) is 0 Å². The van der Waals surface area contributed by atoms with Crippen molar-refractivity contribution in [2.75, 3.05) is 0 Å². The van der Waals surface area contributed by atoms with Gasteiger partial charge in [0.25, 0.3) is 0 Å². The van der Waals surface area contributed by atoms with E-state index in [0.29, 0.717) is 32.9 Å². The van der Waals surface area contributed by atoms with Gasteiger partial charge < -0.3 is 9.15 Å². The van der Waals surface area contributed by atoms with E-state index >= 15 is 0 Å². The zero-order valence-corrected chi connectivity index (χ0v) is 15.6. The van der Waals surface area contributed by atoms with Crippen LogP contribution >= 0.6 is 23.2 Å². The monoisotopic (exact) mass is 386 g/mol. The molecule has 0 saturated carbocycles. The highest BCUT2D eigenvalue weighted by Crippen LogP contribution is 2.28. The molecular formula is C21H16Cl2O3. The molecule has 3 rings (SSSR count). The Balaban J connectivity index is 1.61. The summed E-state index contributed by atoms with van der Waals surface area (Å²) < 4.78 is 11.3. The molecule has 132 valence electrons. The SMILES string of the molecule is Cc1ccc(C(=O)/C=C/c2ccc(COc3cc(Cl)ccc3Cl)o2)cc1. The van der Waals surface area contributed by atoms with Gasteiger partial charge in [-0.15, -0.1) is 0 Å². The quantitative estimate of drug-likeness (QED) is 0.364. The fourth-order valence-corrected chi connectivity index (χ4v) is 2.60. The van der Waals surface area contributed by atoms with E-state index in [1.807, 2.05) is 19.1 Å². The van der Waals surface area contributed by atoms with Gasteiger partial charge in [0.05, 0.1) is 5.02 Å². The van der Waals surface area contributed by atoms with Crippen LogP contribution in [0.5, 0.6) is 5.75 Å². The summed E-state index contributed by atoms with van der Waals surface area (Å²) in [5.41, 5.74) is 1.75. The third kappa shape index (κ3) is 4.78. The van der Waals surface area contributed by atoms with Gasteiger partial charge in [-0.2, -0.15) is 0 Å². The molecule has 5 heteroatoms. The minimum absolute atomic E-state index is 0.0788. The molecule has 0 atom stereocenters. The van der Waals surface area contributed by atoms with Crippen LogP contribution in [0.4, 0.5) is 0 Å². The molecule has 0 saturated heterocycles. The third-order valence-electron chi connectivity index (χ3n) is 3.68. The second-order valence-electron chi connectivity index (χ2n) is 5.73. The zero-order chi connectivity index (χ0) is 18.5. The zero-order valence-electron chi connectivity index (χ0n) is 14.0. The highest BCUT2D eigenvalue weighted by Gasteiger charge is 2.06. The number of allylic oxidation sites excluding steroid dienone is 1. The number of hydrogen-bond acceptors (Lipinski definition) is 3. The highest BCUT2D eigenvalue weighted by molar-refractivity contribution is 6.34. The van der Waals surface area contributed by atoms with Crippen LogP contribution in [0.1, 0.15) is 27.4 Å². The molecule has 2 aromatic carbocycles. The first-order chi connectivity index (χ1) is 12.5. The van der Waals surface area contributed by atoms with Gasteiger partial charge in [0.15, 0.2) is 5.78 Å². The van der Waals surface area contributed by atoms with Crippen molar-refractivity contribution in [3.05, 3.63) is 93.4 Å². The molecule has 0 aliphatic carbocycles. The second kappa shape index (κ2) is 8.26. The summed E-state index contributed by atoms with van der Waals surface area (Å²) in [6, 6.07) is 16.0. The maximum absolute atomic E-state index is 12.1. The van der Waals surface area contributed by atoms with Crippen LogP contribution in [0.15, 0.2) is 65.1 Å². The standard InChI is InChI=1S/C21H16Cl2O3/c1-14-2-4-15(5-3-14)20(24)11-9-17-7-8-18(26-17)13-25-21-12-16(22)6-10-19(21)23/h2-12H,13H2,1H3/b11-9+. The molecule has 1 heterocycles. The fraction of sp³-hybridized carbons (Fsp3) is 0.0952. The van der Waals surface area contributed by atoms with Crippen LogP contribution < -0.4 is 4.74 Å². The van der Waals surface area contributed by atoms with Crippen molar-refractivity contribution < 1.29 is 13.9 Å². The average molecular weight is 387 g/mol. The minimum Gasteiger partial charge on any atom is -0.484 e. The summed E-state index contributed by atoms with van der Waals surface area (Å²) in [6.45, 7) is 2.19. The molecule has 0 aliphatic heterocycles. The fourth-order valence-electron chi connectivity index (χ4n) is 2.27. The van der Waals surface area contributed by atoms with Crippen LogP contribution in [0, 0.1) is 6.92 Å². The number of ether oxygens (including phenoxy) is 1. The molecule has 0 radical (unpaired) electrons. The van der Waals surface area contributed by atoms with Crippen molar-refractivity contribution in [2.45, 2.75) is 13.5 Å². The number of furan rings is 1. The van der Waals surface area contributed by atoms with E-state index in [4.69, 9.17) is 32.4 Å². The Morgan fingerprint density at radius 3 is 2.62 bits per heavy atom. The first-order valence-electron chi connectivity index (χ1n) is 7.97. The second-order valence-corrected chi connectivity index (χ2v) is 6.57. The summed E-state index contributed by atoms with van der Waals surface area (Å²) in [5.74, 6) is 1.59. The van der Waals surface area contributed by atoms with Gasteiger partial charge in [-0.3, -0.25) is 4.79 Å². The molecular weight excluding hydrogens is 371 g/mol. The summed E-state index contributed by atoms with van der Waals surface area (Å²) in [5, 5.41) is 1.02. The van der Waals surface area contributed by atoms with Crippen LogP contribution in [0.3, 0.4) is 0 Å². The van der Waals surface area contributed by atoms with E-state index in [-0.39, 0.29) is 12.4 Å². The number of hydrogen-bond donors (Lipinski definition) is 0. The lowest BCUT2D eigenvalue weighted by Gasteiger charge is -2.06. The van der Waals surface area contributed by atoms with Crippen molar-refractivity contribution in [1.29, 1.82) is 0 Å². The number of carbonyl (C=O) groups is 1. The van der Waals surface area contributed by atoms with Gasteiger partial charge in [-0.1, -0.05) is 53.0 Å². The van der Waals surface area contributed by atoms with E-state index in [1.54, 1.807) is 48.5 Å². The van der Waals surface area contributed by atoms with Crippen LogP contribution in [-0.2, 0) is 6.61 Å². The lowest BCUT2D eigenvalue weighted by atomic mass is 10.1. The molecule has 0 bridgehead atoms. The first-order valence-corrected chi connectivity index (χ1v) is 8.72. The van der Waals surface area contributed by atoms with Gasteiger partial charge in [0.2, 0.25) is 0 Å². The molecule has 0 fully saturated rings. The molecule has 0 N–H and O–H groups in total. The average Bonchev–Trinajstić information content (AvgIpc) is 3.09. The number of ketones is 1. The lowest BCUT2D eigenvalue weighted by Crippen LogP contribution is -1.94. The predicted molar refractivity (Wildman–Crippen MR) is 104 cm³/mol. The lowest BCUT2D eigenvalue weighted by molar-refractivity contribution is 0.104. The molecule has 0 aliphatic rings. The third-order valence-corrected chi connectivity index (χ3v) is 4.23. The Morgan fingerprint density at radius 2 is 1.85 bits per heavy atom. The number of halogens is 2. The number of aryl methyl sites for hydroxylation is 1. The Kier molecular flexibility index (Phi) is 5.82. The van der Waals surface area contributed by atoms with Crippen LogP contribution in [0.25, 0.3) is 6.08 Å². The Hall–Kier alpha value is -2.49. The van der Waals surface area contributed by atoms with Crippen molar-refractivity contribution in [3.63, 3.8) is 0 Å². The molecule has 1 aromatic heterocycles. The summed E-state index contributed by atoms with van der Waals surface area (Å²) in [4.78, 5) is 12.1. The van der Waals surface area contributed by atoms with Gasteiger partial charge >= 0.3 is 0 Å². The van der Waals surface area contributed by atoms with E-state index in [9.17, 15) is 4.79 Å². The van der Waals surface area contributed by atoms with Crippen molar-refractivity contribution in [1.82, 2.24) is 0 Å². The Labute approximate surface area is 161 Å². The van der Waals surface area contributed by atoms with Gasteiger partial charge in [-0.05, 0) is 43.3 Å². The van der Waals surface area contributed by atoms with Gasteiger partial charge in [0.1, 0.15) is 23.9 Å². The Morgan fingerprint density at radius 1 is 1.08 bits per heavy atom. The number of rotatable bonds is 6. The molecule has 0 unspecified atom stereocenters. The van der Waals surface area contributed by atoms with Crippen LogP contribution in [-0.4, -0.2) is 5.78 Å². The van der Waals surface area contributed by atoms with Crippen molar-refractivity contribution >= 4 is 35.1 Å². The van der Waals surface area contributed by atoms with E-state index < -0.39 is 0 Å². The first kappa shape index (κ1) is 18.3.